The van der Waals surface area contributed by atoms with Crippen molar-refractivity contribution >= 4 is 22.7 Å². The Hall–Kier alpha value is -1.13. The molecule has 3 rings (SSSR count). The predicted molar refractivity (Wildman–Crippen MR) is 85.0 cm³/mol. The largest absolute Gasteiger partial charge is 0.314 e. The molecule has 0 amide bonds. The zero-order chi connectivity index (χ0) is 13.9. The van der Waals surface area contributed by atoms with Crippen molar-refractivity contribution in [3.63, 3.8) is 0 Å². The van der Waals surface area contributed by atoms with Crippen molar-refractivity contribution < 1.29 is 0 Å². The van der Waals surface area contributed by atoms with Crippen LogP contribution >= 0.6 is 11.8 Å². The molecular weight excluding hydrogens is 266 g/mol. The third-order valence-corrected chi connectivity index (χ3v) is 5.74. The number of nitrogens with one attached hydrogen (secondary N) is 1. The van der Waals surface area contributed by atoms with E-state index in [2.05, 4.69) is 47.3 Å². The van der Waals surface area contributed by atoms with Crippen molar-refractivity contribution in [1.29, 1.82) is 0 Å². The Kier molecular flexibility index (Phi) is 4.22. The number of thioether (sulfide) groups is 1. The Labute approximate surface area is 124 Å². The molecule has 1 aromatic carbocycles. The lowest BCUT2D eigenvalue weighted by molar-refractivity contribution is 0.441. The molecule has 3 nitrogen and oxygen atoms in total. The highest BCUT2D eigenvalue weighted by molar-refractivity contribution is 8.00. The summed E-state index contributed by atoms with van der Waals surface area (Å²) in [6.07, 6.45) is 4.23. The topological polar surface area (TPSA) is 37.8 Å². The van der Waals surface area contributed by atoms with Gasteiger partial charge in [0.25, 0.3) is 0 Å². The lowest BCUT2D eigenvalue weighted by Crippen LogP contribution is -2.33. The Bertz CT molecular complexity index is 581. The van der Waals surface area contributed by atoms with Crippen LogP contribution in [0, 0.1) is 5.92 Å². The lowest BCUT2D eigenvalue weighted by atomic mass is 10.1. The van der Waals surface area contributed by atoms with Crippen molar-refractivity contribution in [3.05, 3.63) is 30.6 Å². The lowest BCUT2D eigenvalue weighted by Gasteiger charge is -2.21. The van der Waals surface area contributed by atoms with Crippen LogP contribution in [-0.4, -0.2) is 27.8 Å². The van der Waals surface area contributed by atoms with Gasteiger partial charge in [0.1, 0.15) is 11.4 Å². The molecule has 1 aliphatic rings. The van der Waals surface area contributed by atoms with E-state index in [9.17, 15) is 0 Å². The number of hydrogen-bond acceptors (Lipinski definition) is 4. The molecular formula is C16H21N3S. The molecule has 3 atom stereocenters. The minimum Gasteiger partial charge on any atom is -0.314 e. The maximum Gasteiger partial charge on any atom is 0.117 e. The summed E-state index contributed by atoms with van der Waals surface area (Å²) in [6, 6.07) is 8.93. The van der Waals surface area contributed by atoms with Gasteiger partial charge in [-0.1, -0.05) is 32.0 Å². The minimum absolute atomic E-state index is 0.650. The number of hydrogen-bond donors (Lipinski definition) is 1. The van der Waals surface area contributed by atoms with Gasteiger partial charge in [0, 0.05) is 16.7 Å². The first-order chi connectivity index (χ1) is 9.79. The molecule has 0 saturated heterocycles. The van der Waals surface area contributed by atoms with E-state index in [1.165, 1.54) is 18.2 Å². The second-order valence-corrected chi connectivity index (χ2v) is 6.68. The van der Waals surface area contributed by atoms with E-state index in [1.807, 2.05) is 17.8 Å². The SMILES string of the molecule is CCNC1CCC(Sc2ncnc3ccccc23)C1C. The van der Waals surface area contributed by atoms with E-state index in [1.54, 1.807) is 6.33 Å². The Morgan fingerprint density at radius 2 is 2.10 bits per heavy atom. The van der Waals surface area contributed by atoms with Gasteiger partial charge in [-0.25, -0.2) is 9.97 Å². The van der Waals surface area contributed by atoms with Crippen molar-refractivity contribution in [2.24, 2.45) is 5.92 Å². The summed E-state index contributed by atoms with van der Waals surface area (Å²) in [5, 5.41) is 6.56. The Morgan fingerprint density at radius 1 is 1.25 bits per heavy atom. The van der Waals surface area contributed by atoms with Gasteiger partial charge in [0.05, 0.1) is 5.52 Å². The normalized spacial score (nSPS) is 26.2. The van der Waals surface area contributed by atoms with E-state index >= 15 is 0 Å². The van der Waals surface area contributed by atoms with Crippen molar-refractivity contribution in [2.45, 2.75) is 43.0 Å². The first kappa shape index (κ1) is 13.8. The standard InChI is InChI=1S/C16H21N3S/c1-3-17-13-8-9-15(11(13)2)20-16-12-6-4-5-7-14(12)18-10-19-16/h4-7,10-11,13,15,17H,3,8-9H2,1-2H3. The number of fused-ring (bicyclic) bond motifs is 1. The van der Waals surface area contributed by atoms with E-state index < -0.39 is 0 Å². The summed E-state index contributed by atoms with van der Waals surface area (Å²) in [5.41, 5.74) is 1.04. The fourth-order valence-electron chi connectivity index (χ4n) is 3.06. The van der Waals surface area contributed by atoms with Gasteiger partial charge >= 0.3 is 0 Å². The van der Waals surface area contributed by atoms with E-state index in [0.717, 1.165) is 17.1 Å². The highest BCUT2D eigenvalue weighted by Gasteiger charge is 2.33. The quantitative estimate of drug-likeness (QED) is 0.873. The van der Waals surface area contributed by atoms with Crippen LogP contribution in [0.1, 0.15) is 26.7 Å². The molecule has 0 aliphatic heterocycles. The van der Waals surface area contributed by atoms with Crippen LogP contribution in [-0.2, 0) is 0 Å². The zero-order valence-corrected chi connectivity index (χ0v) is 12.9. The molecule has 106 valence electrons. The van der Waals surface area contributed by atoms with Crippen LogP contribution in [0.3, 0.4) is 0 Å². The Morgan fingerprint density at radius 3 is 2.95 bits per heavy atom. The molecule has 2 aromatic rings. The van der Waals surface area contributed by atoms with Gasteiger partial charge in [-0.15, -0.1) is 11.8 Å². The highest BCUT2D eigenvalue weighted by Crippen LogP contribution is 2.39. The van der Waals surface area contributed by atoms with Crippen LogP contribution in [0.15, 0.2) is 35.6 Å². The Balaban J connectivity index is 1.80. The number of rotatable bonds is 4. The summed E-state index contributed by atoms with van der Waals surface area (Å²) in [4.78, 5) is 8.85. The molecule has 4 heteroatoms. The second-order valence-electron chi connectivity index (χ2n) is 5.45. The fraction of sp³-hybridized carbons (Fsp3) is 0.500. The molecule has 20 heavy (non-hydrogen) atoms. The molecule has 0 radical (unpaired) electrons. The van der Waals surface area contributed by atoms with Crippen LogP contribution in [0.25, 0.3) is 10.9 Å². The maximum atomic E-state index is 4.51. The van der Waals surface area contributed by atoms with Crippen LogP contribution in [0.2, 0.25) is 0 Å². The van der Waals surface area contributed by atoms with Crippen LogP contribution in [0.5, 0.6) is 0 Å². The average molecular weight is 287 g/mol. The molecule has 1 saturated carbocycles. The molecule has 3 unspecified atom stereocenters. The van der Waals surface area contributed by atoms with Gasteiger partial charge in [0.2, 0.25) is 0 Å². The minimum atomic E-state index is 0.650. The fourth-order valence-corrected chi connectivity index (χ4v) is 4.42. The first-order valence-corrected chi connectivity index (χ1v) is 8.27. The highest BCUT2D eigenvalue weighted by atomic mass is 32.2. The third-order valence-electron chi connectivity index (χ3n) is 4.22. The van der Waals surface area contributed by atoms with Gasteiger partial charge in [0.15, 0.2) is 0 Å². The van der Waals surface area contributed by atoms with Gasteiger partial charge in [-0.05, 0) is 31.4 Å². The third kappa shape index (κ3) is 2.67. The number of para-hydroxylation sites is 1. The van der Waals surface area contributed by atoms with E-state index in [4.69, 9.17) is 0 Å². The molecule has 1 N–H and O–H groups in total. The summed E-state index contributed by atoms with van der Waals surface area (Å²) in [6.45, 7) is 5.61. The number of aromatic nitrogens is 2. The average Bonchev–Trinajstić information content (AvgIpc) is 2.81. The van der Waals surface area contributed by atoms with Gasteiger partial charge in [-0.3, -0.25) is 0 Å². The van der Waals surface area contributed by atoms with E-state index in [0.29, 0.717) is 17.2 Å². The molecule has 1 aliphatic carbocycles. The summed E-state index contributed by atoms with van der Waals surface area (Å²) < 4.78 is 0. The number of benzene rings is 1. The molecule has 0 spiro atoms. The van der Waals surface area contributed by atoms with Crippen molar-refractivity contribution in [3.8, 4) is 0 Å². The first-order valence-electron chi connectivity index (χ1n) is 7.39. The summed E-state index contributed by atoms with van der Waals surface area (Å²) in [5.74, 6) is 0.689. The summed E-state index contributed by atoms with van der Waals surface area (Å²) in [7, 11) is 0. The summed E-state index contributed by atoms with van der Waals surface area (Å²) >= 11 is 1.93. The van der Waals surface area contributed by atoms with E-state index in [-0.39, 0.29) is 0 Å². The van der Waals surface area contributed by atoms with Crippen molar-refractivity contribution in [2.75, 3.05) is 6.54 Å². The number of nitrogens with zero attached hydrogens (tertiary/aromatic N) is 2. The van der Waals surface area contributed by atoms with Gasteiger partial charge < -0.3 is 5.32 Å². The molecule has 1 heterocycles. The van der Waals surface area contributed by atoms with Crippen molar-refractivity contribution in [1.82, 2.24) is 15.3 Å². The zero-order valence-electron chi connectivity index (χ0n) is 12.0. The monoisotopic (exact) mass is 287 g/mol. The second kappa shape index (κ2) is 6.10. The predicted octanol–water partition coefficient (Wildman–Crippen LogP) is 3.50. The smallest absolute Gasteiger partial charge is 0.117 e. The maximum absolute atomic E-state index is 4.51. The molecule has 0 bridgehead atoms. The van der Waals surface area contributed by atoms with Crippen LogP contribution < -0.4 is 5.32 Å². The van der Waals surface area contributed by atoms with Gasteiger partial charge in [-0.2, -0.15) is 0 Å². The molecule has 1 aromatic heterocycles. The van der Waals surface area contributed by atoms with Crippen LogP contribution in [0.4, 0.5) is 0 Å². The molecule has 1 fully saturated rings.